The molecule has 114 valence electrons. The lowest BCUT2D eigenvalue weighted by atomic mass is 9.87. The summed E-state index contributed by atoms with van der Waals surface area (Å²) >= 11 is 0. The molecule has 3 rings (SSSR count). The molecule has 0 aliphatic heterocycles. The van der Waals surface area contributed by atoms with E-state index in [-0.39, 0.29) is 11.7 Å². The van der Waals surface area contributed by atoms with E-state index in [0.29, 0.717) is 23.4 Å². The van der Waals surface area contributed by atoms with Crippen molar-refractivity contribution in [3.8, 4) is 18.4 Å². The van der Waals surface area contributed by atoms with E-state index in [1.165, 1.54) is 12.4 Å². The van der Waals surface area contributed by atoms with E-state index in [4.69, 9.17) is 17.4 Å². The average Bonchev–Trinajstić information content (AvgIpc) is 2.54. The van der Waals surface area contributed by atoms with Gasteiger partial charge in [0.05, 0.1) is 18.1 Å². The number of nitriles is 1. The van der Waals surface area contributed by atoms with Gasteiger partial charge in [-0.25, -0.2) is 9.97 Å². The maximum atomic E-state index is 8.71. The number of terminal acetylenes is 1. The summed E-state index contributed by atoms with van der Waals surface area (Å²) in [5.74, 6) is 3.45. The van der Waals surface area contributed by atoms with Gasteiger partial charge in [0.25, 0.3) is 0 Å². The molecule has 2 aromatic heterocycles. The molecule has 0 atom stereocenters. The third-order valence-electron chi connectivity index (χ3n) is 3.49. The first kappa shape index (κ1) is 14.7. The zero-order valence-electron chi connectivity index (χ0n) is 12.2. The molecule has 0 saturated heterocycles. The minimum absolute atomic E-state index is 0.239. The number of nitrogens with one attached hydrogen (secondary N) is 2. The zero-order chi connectivity index (χ0) is 16.2. The molecular weight excluding hydrogens is 292 g/mol. The lowest BCUT2D eigenvalue weighted by Gasteiger charge is -2.33. The highest BCUT2D eigenvalue weighted by atomic mass is 15.2. The van der Waals surface area contributed by atoms with Gasteiger partial charge in [0.1, 0.15) is 11.9 Å². The number of hydrogen-bond acceptors (Lipinski definition) is 8. The molecule has 1 aliphatic carbocycles. The molecule has 4 N–H and O–H groups in total. The summed E-state index contributed by atoms with van der Waals surface area (Å²) in [7, 11) is 0. The number of nitrogens with zero attached hydrogens (tertiary/aromatic N) is 5. The predicted octanol–water partition coefficient (Wildman–Crippen LogP) is 0.765. The third kappa shape index (κ3) is 3.34. The van der Waals surface area contributed by atoms with Gasteiger partial charge in [-0.05, 0) is 18.8 Å². The lowest BCUT2D eigenvalue weighted by molar-refractivity contribution is 0.373. The van der Waals surface area contributed by atoms with Crippen molar-refractivity contribution >= 4 is 17.3 Å². The first-order chi connectivity index (χ1) is 11.2. The van der Waals surface area contributed by atoms with Gasteiger partial charge in [0.15, 0.2) is 17.2 Å². The second kappa shape index (κ2) is 6.26. The lowest BCUT2D eigenvalue weighted by Crippen LogP contribution is -2.44. The molecule has 0 bridgehead atoms. The van der Waals surface area contributed by atoms with Crippen LogP contribution in [0.3, 0.4) is 0 Å². The maximum absolute atomic E-state index is 8.71. The van der Waals surface area contributed by atoms with Crippen LogP contribution in [0.1, 0.15) is 24.2 Å². The highest BCUT2D eigenvalue weighted by molar-refractivity contribution is 5.63. The van der Waals surface area contributed by atoms with Gasteiger partial charge < -0.3 is 16.4 Å². The Hall–Kier alpha value is -3.23. The van der Waals surface area contributed by atoms with E-state index in [0.717, 1.165) is 18.5 Å². The number of anilines is 3. The minimum atomic E-state index is 0.239. The Morgan fingerprint density at radius 3 is 2.65 bits per heavy atom. The quantitative estimate of drug-likeness (QED) is 0.707. The van der Waals surface area contributed by atoms with Gasteiger partial charge in [0, 0.05) is 18.2 Å². The van der Waals surface area contributed by atoms with Gasteiger partial charge in [-0.1, -0.05) is 0 Å². The number of nitrogens with two attached hydrogens (primary N) is 1. The monoisotopic (exact) mass is 306 g/mol. The standard InChI is InChI=1S/C15H14N8/c1-2-12-13(20-10-3-9(17)4-10)5-14(23-22-12)21-15-8-18-11(6-16)7-19-15/h1,5,7-10H,3-4,17H2,(H2,19,20,21,23). The van der Waals surface area contributed by atoms with Crippen LogP contribution in [0.15, 0.2) is 18.5 Å². The number of hydrogen-bond donors (Lipinski definition) is 3. The van der Waals surface area contributed by atoms with Crippen molar-refractivity contribution in [1.29, 1.82) is 5.26 Å². The molecular formula is C15H14N8. The number of rotatable bonds is 4. The van der Waals surface area contributed by atoms with Crippen molar-refractivity contribution in [3.63, 3.8) is 0 Å². The van der Waals surface area contributed by atoms with E-state index in [2.05, 4.69) is 36.7 Å². The molecule has 8 nitrogen and oxygen atoms in total. The predicted molar refractivity (Wildman–Crippen MR) is 84.6 cm³/mol. The summed E-state index contributed by atoms with van der Waals surface area (Å²) in [6.07, 6.45) is 10.1. The van der Waals surface area contributed by atoms with Crippen molar-refractivity contribution in [1.82, 2.24) is 20.2 Å². The SMILES string of the molecule is C#Cc1nnc(Nc2cnc(C#N)cn2)cc1NC1CC(N)C1. The molecule has 2 heterocycles. The van der Waals surface area contributed by atoms with Crippen molar-refractivity contribution < 1.29 is 0 Å². The molecule has 0 aromatic carbocycles. The van der Waals surface area contributed by atoms with Gasteiger partial charge in [-0.2, -0.15) is 5.26 Å². The first-order valence-corrected chi connectivity index (χ1v) is 7.03. The molecule has 2 aromatic rings. The molecule has 1 aliphatic rings. The smallest absolute Gasteiger partial charge is 0.158 e. The van der Waals surface area contributed by atoms with Gasteiger partial charge >= 0.3 is 0 Å². The first-order valence-electron chi connectivity index (χ1n) is 7.03. The van der Waals surface area contributed by atoms with Gasteiger partial charge in [0.2, 0.25) is 0 Å². The molecule has 1 fully saturated rings. The second-order valence-electron chi connectivity index (χ2n) is 5.23. The maximum Gasteiger partial charge on any atom is 0.158 e. The Kier molecular flexibility index (Phi) is 4.00. The van der Waals surface area contributed by atoms with Crippen LogP contribution in [0.25, 0.3) is 0 Å². The second-order valence-corrected chi connectivity index (χ2v) is 5.23. The van der Waals surface area contributed by atoms with Crippen LogP contribution in [-0.2, 0) is 0 Å². The van der Waals surface area contributed by atoms with Gasteiger partial charge in [-0.3, -0.25) is 0 Å². The van der Waals surface area contributed by atoms with E-state index < -0.39 is 0 Å². The zero-order valence-corrected chi connectivity index (χ0v) is 12.2. The highest BCUT2D eigenvalue weighted by Crippen LogP contribution is 2.25. The topological polar surface area (TPSA) is 125 Å². The van der Waals surface area contributed by atoms with E-state index >= 15 is 0 Å². The van der Waals surface area contributed by atoms with E-state index in [9.17, 15) is 0 Å². The summed E-state index contributed by atoms with van der Waals surface area (Å²) in [5.41, 5.74) is 7.21. The molecule has 0 unspecified atom stereocenters. The summed E-state index contributed by atoms with van der Waals surface area (Å²) < 4.78 is 0. The largest absolute Gasteiger partial charge is 0.380 e. The molecule has 0 radical (unpaired) electrons. The van der Waals surface area contributed by atoms with Crippen LogP contribution in [-0.4, -0.2) is 32.2 Å². The molecule has 1 saturated carbocycles. The fourth-order valence-electron chi connectivity index (χ4n) is 2.25. The fraction of sp³-hybridized carbons (Fsp3) is 0.267. The Balaban J connectivity index is 1.77. The summed E-state index contributed by atoms with van der Waals surface area (Å²) in [6, 6.07) is 4.21. The minimum Gasteiger partial charge on any atom is -0.380 e. The van der Waals surface area contributed by atoms with Crippen LogP contribution in [0, 0.1) is 23.7 Å². The summed E-state index contributed by atoms with van der Waals surface area (Å²) in [5, 5.41) is 23.0. The van der Waals surface area contributed by atoms with Crippen LogP contribution in [0.2, 0.25) is 0 Å². The number of aromatic nitrogens is 4. The Morgan fingerprint density at radius 2 is 2.04 bits per heavy atom. The molecule has 0 spiro atoms. The van der Waals surface area contributed by atoms with Crippen LogP contribution >= 0.6 is 0 Å². The molecule has 0 amide bonds. The fourth-order valence-corrected chi connectivity index (χ4v) is 2.25. The van der Waals surface area contributed by atoms with E-state index in [1.807, 2.05) is 6.07 Å². The van der Waals surface area contributed by atoms with Crippen LogP contribution in [0.5, 0.6) is 0 Å². The molecule has 23 heavy (non-hydrogen) atoms. The third-order valence-corrected chi connectivity index (χ3v) is 3.49. The highest BCUT2D eigenvalue weighted by Gasteiger charge is 2.26. The van der Waals surface area contributed by atoms with Crippen LogP contribution in [0.4, 0.5) is 17.3 Å². The van der Waals surface area contributed by atoms with Crippen molar-refractivity contribution in [2.45, 2.75) is 24.9 Å². The Labute approximate surface area is 133 Å². The van der Waals surface area contributed by atoms with Crippen LogP contribution < -0.4 is 16.4 Å². The Bertz CT molecular complexity index is 781. The van der Waals surface area contributed by atoms with Crippen molar-refractivity contribution in [2.24, 2.45) is 5.73 Å². The van der Waals surface area contributed by atoms with E-state index in [1.54, 1.807) is 6.07 Å². The van der Waals surface area contributed by atoms with Crippen molar-refractivity contribution in [3.05, 3.63) is 29.8 Å². The summed E-state index contributed by atoms with van der Waals surface area (Å²) in [4.78, 5) is 8.01. The summed E-state index contributed by atoms with van der Waals surface area (Å²) in [6.45, 7) is 0. The van der Waals surface area contributed by atoms with Crippen molar-refractivity contribution in [2.75, 3.05) is 10.6 Å². The normalized spacial score (nSPS) is 19.1. The van der Waals surface area contributed by atoms with Gasteiger partial charge in [-0.15, -0.1) is 16.6 Å². The Morgan fingerprint density at radius 1 is 1.22 bits per heavy atom. The molecule has 8 heteroatoms. The average molecular weight is 306 g/mol.